The van der Waals surface area contributed by atoms with Crippen LogP contribution in [-0.4, -0.2) is 56.3 Å². The van der Waals surface area contributed by atoms with Gasteiger partial charge in [0.05, 0.1) is 11.4 Å². The fraction of sp³-hybridized carbons (Fsp3) is 0.292. The molecule has 0 saturated carbocycles. The van der Waals surface area contributed by atoms with Crippen LogP contribution in [0.15, 0.2) is 71.6 Å². The predicted molar refractivity (Wildman–Crippen MR) is 122 cm³/mol. The molecule has 1 aliphatic rings. The third-order valence-electron chi connectivity index (χ3n) is 5.68. The number of carbonyl (C=O) groups is 1. The summed E-state index contributed by atoms with van der Waals surface area (Å²) in [5.41, 5.74) is 2.33. The normalized spacial score (nSPS) is 15.3. The quantitative estimate of drug-likeness (QED) is 0.644. The fourth-order valence-corrected chi connectivity index (χ4v) is 5.24. The van der Waals surface area contributed by atoms with Gasteiger partial charge in [0.25, 0.3) is 0 Å². The minimum Gasteiger partial charge on any atom is -0.339 e. The van der Waals surface area contributed by atoms with Crippen LogP contribution in [0.2, 0.25) is 0 Å². The van der Waals surface area contributed by atoms with Crippen molar-refractivity contribution in [3.63, 3.8) is 0 Å². The molecule has 0 aliphatic carbocycles. The molecule has 1 aliphatic heterocycles. The highest BCUT2D eigenvalue weighted by atomic mass is 32.2. The number of fused-ring (bicyclic) bond motifs is 1. The lowest BCUT2D eigenvalue weighted by atomic mass is 10.1. The molecular weight excluding hydrogens is 410 g/mol. The van der Waals surface area contributed by atoms with E-state index in [-0.39, 0.29) is 12.5 Å². The third-order valence-corrected chi connectivity index (χ3v) is 7.57. The molecule has 1 amide bonds. The minimum atomic E-state index is -3.58. The van der Waals surface area contributed by atoms with Crippen molar-refractivity contribution in [3.05, 3.63) is 77.9 Å². The molecule has 31 heavy (non-hydrogen) atoms. The van der Waals surface area contributed by atoms with Crippen molar-refractivity contribution in [2.75, 3.05) is 32.7 Å². The summed E-state index contributed by atoms with van der Waals surface area (Å²) in [6, 6.07) is 21.1. The lowest BCUT2D eigenvalue weighted by molar-refractivity contribution is -0.131. The summed E-state index contributed by atoms with van der Waals surface area (Å²) in [5, 5.41) is 5.09. The number of hydrogen-bond acceptors (Lipinski definition) is 4. The third kappa shape index (κ3) is 4.95. The molecule has 0 radical (unpaired) electrons. The number of benzene rings is 3. The number of amides is 1. The van der Waals surface area contributed by atoms with Crippen LogP contribution >= 0.6 is 0 Å². The highest BCUT2D eigenvalue weighted by molar-refractivity contribution is 7.89. The molecule has 0 spiro atoms. The highest BCUT2D eigenvalue weighted by Crippen LogP contribution is 2.22. The van der Waals surface area contributed by atoms with Crippen LogP contribution < -0.4 is 5.32 Å². The molecule has 1 fully saturated rings. The maximum atomic E-state index is 13.1. The molecule has 1 N–H and O–H groups in total. The minimum absolute atomic E-state index is 0.00475. The van der Waals surface area contributed by atoms with E-state index in [0.29, 0.717) is 37.6 Å². The Morgan fingerprint density at radius 3 is 2.29 bits per heavy atom. The molecule has 7 heteroatoms. The topological polar surface area (TPSA) is 69.7 Å². The number of piperazine rings is 1. The number of rotatable bonds is 6. The van der Waals surface area contributed by atoms with E-state index in [9.17, 15) is 13.2 Å². The maximum Gasteiger partial charge on any atom is 0.243 e. The van der Waals surface area contributed by atoms with Gasteiger partial charge in [-0.15, -0.1) is 0 Å². The molecule has 1 heterocycles. The number of hydrogen-bond donors (Lipinski definition) is 1. The molecule has 4 rings (SSSR count). The van der Waals surface area contributed by atoms with Gasteiger partial charge in [-0.2, -0.15) is 4.31 Å². The van der Waals surface area contributed by atoms with E-state index in [4.69, 9.17) is 0 Å². The first kappa shape index (κ1) is 21.5. The molecule has 3 aromatic rings. The summed E-state index contributed by atoms with van der Waals surface area (Å²) in [4.78, 5) is 14.5. The zero-order chi connectivity index (χ0) is 21.8. The predicted octanol–water partition coefficient (Wildman–Crippen LogP) is 2.77. The average molecular weight is 438 g/mol. The Bertz CT molecular complexity index is 1170. The van der Waals surface area contributed by atoms with E-state index in [1.54, 1.807) is 17.0 Å². The van der Waals surface area contributed by atoms with Crippen molar-refractivity contribution >= 4 is 26.7 Å². The van der Waals surface area contributed by atoms with Crippen LogP contribution in [0.25, 0.3) is 10.8 Å². The van der Waals surface area contributed by atoms with Crippen LogP contribution in [0.4, 0.5) is 0 Å². The van der Waals surface area contributed by atoms with E-state index in [1.165, 1.54) is 9.87 Å². The zero-order valence-corrected chi connectivity index (χ0v) is 18.4. The van der Waals surface area contributed by atoms with Crippen LogP contribution in [0.5, 0.6) is 0 Å². The van der Waals surface area contributed by atoms with Crippen LogP contribution in [0, 0.1) is 6.92 Å². The Kier molecular flexibility index (Phi) is 6.36. The second-order valence-electron chi connectivity index (χ2n) is 7.88. The smallest absolute Gasteiger partial charge is 0.243 e. The van der Waals surface area contributed by atoms with E-state index < -0.39 is 10.0 Å². The first-order valence-corrected chi connectivity index (χ1v) is 11.9. The SMILES string of the molecule is Cc1ccc(CNCC(=O)N2CCN(S(=O)(=O)c3ccc4ccccc4c3)CC2)cc1. The van der Waals surface area contributed by atoms with Gasteiger partial charge in [0, 0.05) is 32.7 Å². The van der Waals surface area contributed by atoms with Gasteiger partial charge >= 0.3 is 0 Å². The lowest BCUT2D eigenvalue weighted by Gasteiger charge is -2.34. The van der Waals surface area contributed by atoms with Crippen LogP contribution in [-0.2, 0) is 21.4 Å². The molecule has 162 valence electrons. The molecule has 0 atom stereocenters. The monoisotopic (exact) mass is 437 g/mol. The Hall–Kier alpha value is -2.74. The molecule has 0 bridgehead atoms. The molecule has 0 unspecified atom stereocenters. The number of nitrogens with zero attached hydrogens (tertiary/aromatic N) is 2. The fourth-order valence-electron chi connectivity index (χ4n) is 3.79. The molecule has 6 nitrogen and oxygen atoms in total. The summed E-state index contributed by atoms with van der Waals surface area (Å²) >= 11 is 0. The van der Waals surface area contributed by atoms with Gasteiger partial charge in [0.1, 0.15) is 0 Å². The van der Waals surface area contributed by atoms with Crippen molar-refractivity contribution in [1.29, 1.82) is 0 Å². The number of aryl methyl sites for hydroxylation is 1. The van der Waals surface area contributed by atoms with Gasteiger partial charge < -0.3 is 10.2 Å². The Balaban J connectivity index is 1.31. The van der Waals surface area contributed by atoms with Gasteiger partial charge in [-0.3, -0.25) is 4.79 Å². The van der Waals surface area contributed by atoms with Crippen molar-refractivity contribution in [1.82, 2.24) is 14.5 Å². The van der Waals surface area contributed by atoms with Crippen molar-refractivity contribution < 1.29 is 13.2 Å². The van der Waals surface area contributed by atoms with Gasteiger partial charge in [-0.1, -0.05) is 60.2 Å². The Morgan fingerprint density at radius 1 is 0.903 bits per heavy atom. The van der Waals surface area contributed by atoms with Crippen molar-refractivity contribution in [2.45, 2.75) is 18.4 Å². The Labute approximate surface area is 183 Å². The number of sulfonamides is 1. The first-order chi connectivity index (χ1) is 14.9. The second kappa shape index (κ2) is 9.18. The molecule has 1 saturated heterocycles. The van der Waals surface area contributed by atoms with E-state index in [2.05, 4.69) is 5.32 Å². The maximum absolute atomic E-state index is 13.1. The largest absolute Gasteiger partial charge is 0.339 e. The van der Waals surface area contributed by atoms with Crippen LogP contribution in [0.1, 0.15) is 11.1 Å². The summed E-state index contributed by atoms with van der Waals surface area (Å²) in [6.07, 6.45) is 0. The first-order valence-electron chi connectivity index (χ1n) is 10.5. The van der Waals surface area contributed by atoms with Gasteiger partial charge in [0.2, 0.25) is 15.9 Å². The van der Waals surface area contributed by atoms with Gasteiger partial charge in [0.15, 0.2) is 0 Å². The summed E-state index contributed by atoms with van der Waals surface area (Å²) in [6.45, 7) is 4.32. The van der Waals surface area contributed by atoms with E-state index in [1.807, 2.05) is 61.5 Å². The summed E-state index contributed by atoms with van der Waals surface area (Å²) in [7, 11) is -3.58. The number of carbonyl (C=O) groups excluding carboxylic acids is 1. The number of nitrogens with one attached hydrogen (secondary N) is 1. The van der Waals surface area contributed by atoms with E-state index in [0.717, 1.165) is 16.3 Å². The zero-order valence-electron chi connectivity index (χ0n) is 17.6. The lowest BCUT2D eigenvalue weighted by Crippen LogP contribution is -2.52. The van der Waals surface area contributed by atoms with Crippen LogP contribution in [0.3, 0.4) is 0 Å². The summed E-state index contributed by atoms with van der Waals surface area (Å²) in [5.74, 6) is -0.00475. The average Bonchev–Trinajstić information content (AvgIpc) is 2.80. The van der Waals surface area contributed by atoms with Gasteiger partial charge in [-0.25, -0.2) is 8.42 Å². The van der Waals surface area contributed by atoms with Gasteiger partial charge in [-0.05, 0) is 35.4 Å². The molecule has 3 aromatic carbocycles. The second-order valence-corrected chi connectivity index (χ2v) is 9.82. The van der Waals surface area contributed by atoms with E-state index >= 15 is 0 Å². The Morgan fingerprint density at radius 2 is 1.58 bits per heavy atom. The van der Waals surface area contributed by atoms with Crippen molar-refractivity contribution in [3.8, 4) is 0 Å². The summed E-state index contributed by atoms with van der Waals surface area (Å²) < 4.78 is 27.6. The van der Waals surface area contributed by atoms with Crippen molar-refractivity contribution in [2.24, 2.45) is 0 Å². The molecular formula is C24H27N3O3S. The highest BCUT2D eigenvalue weighted by Gasteiger charge is 2.30. The standard InChI is InChI=1S/C24H27N3O3S/c1-19-6-8-20(9-7-19)17-25-18-24(28)26-12-14-27(15-13-26)31(29,30)23-11-10-21-4-2-3-5-22(21)16-23/h2-11,16,25H,12-15,17-18H2,1H3. The molecule has 0 aromatic heterocycles.